The van der Waals surface area contributed by atoms with E-state index in [1.54, 1.807) is 6.92 Å². The lowest BCUT2D eigenvalue weighted by Crippen LogP contribution is -2.45. The maximum absolute atomic E-state index is 12.5. The molecule has 0 atom stereocenters. The summed E-state index contributed by atoms with van der Waals surface area (Å²) in [4.78, 5) is 11.4. The third-order valence-electron chi connectivity index (χ3n) is 2.05. The number of alkyl halides is 3. The predicted molar refractivity (Wildman–Crippen MR) is 57.4 cm³/mol. The SMILES string of the molecule is C=NN(C(=C)CC)C(=O)OC(C)(C)C(F)(F)F. The van der Waals surface area contributed by atoms with Crippen LogP contribution in [0.15, 0.2) is 17.4 Å². The van der Waals surface area contributed by atoms with Crippen molar-refractivity contribution >= 4 is 12.8 Å². The first-order valence-electron chi connectivity index (χ1n) is 4.81. The first-order valence-corrected chi connectivity index (χ1v) is 4.81. The van der Waals surface area contributed by atoms with E-state index in [0.717, 1.165) is 13.8 Å². The zero-order valence-electron chi connectivity index (χ0n) is 9.97. The fraction of sp³-hybridized carbons (Fsp3) is 0.600. The zero-order valence-corrected chi connectivity index (χ0v) is 9.97. The third-order valence-corrected chi connectivity index (χ3v) is 2.05. The van der Waals surface area contributed by atoms with Crippen LogP contribution in [0.5, 0.6) is 0 Å². The number of hydrogen-bond donors (Lipinski definition) is 0. The number of halogens is 3. The number of carbonyl (C=O) groups excluding carboxylic acids is 1. The van der Waals surface area contributed by atoms with Gasteiger partial charge in [0.05, 0.1) is 0 Å². The number of ether oxygens (including phenoxy) is 1. The van der Waals surface area contributed by atoms with Crippen molar-refractivity contribution in [3.63, 3.8) is 0 Å². The van der Waals surface area contributed by atoms with E-state index in [1.807, 2.05) is 0 Å². The first-order chi connectivity index (χ1) is 7.56. The standard InChI is InChI=1S/C10H15F3N2O2/c1-6-7(2)15(14-5)8(16)17-9(3,4)10(11,12)13/h2,5-6H2,1,3-4H3. The van der Waals surface area contributed by atoms with Crippen molar-refractivity contribution in [2.24, 2.45) is 5.10 Å². The molecule has 98 valence electrons. The second-order valence-electron chi connectivity index (χ2n) is 3.75. The molecule has 0 bridgehead atoms. The second kappa shape index (κ2) is 5.20. The van der Waals surface area contributed by atoms with E-state index in [0.29, 0.717) is 11.4 Å². The van der Waals surface area contributed by atoms with E-state index >= 15 is 0 Å². The minimum atomic E-state index is -4.66. The highest BCUT2D eigenvalue weighted by atomic mass is 19.4. The summed E-state index contributed by atoms with van der Waals surface area (Å²) in [5.74, 6) is 0. The molecular formula is C10H15F3N2O2. The Balaban J connectivity index is 4.85. The zero-order chi connectivity index (χ0) is 13.9. The Kier molecular flexibility index (Phi) is 4.73. The first kappa shape index (κ1) is 15.5. The van der Waals surface area contributed by atoms with Gasteiger partial charge in [-0.05, 0) is 20.3 Å². The van der Waals surface area contributed by atoms with Crippen molar-refractivity contribution < 1.29 is 22.7 Å². The smallest absolute Gasteiger partial charge is 0.432 e. The van der Waals surface area contributed by atoms with Gasteiger partial charge < -0.3 is 4.74 Å². The van der Waals surface area contributed by atoms with E-state index in [-0.39, 0.29) is 5.70 Å². The Labute approximate surface area is 97.7 Å². The van der Waals surface area contributed by atoms with Crippen molar-refractivity contribution in [1.29, 1.82) is 0 Å². The summed E-state index contributed by atoms with van der Waals surface area (Å²) >= 11 is 0. The molecule has 0 radical (unpaired) electrons. The van der Waals surface area contributed by atoms with Crippen molar-refractivity contribution in [2.75, 3.05) is 0 Å². The van der Waals surface area contributed by atoms with Crippen LogP contribution >= 0.6 is 0 Å². The Bertz CT molecular complexity index is 324. The molecule has 0 heterocycles. The average Bonchev–Trinajstić information content (AvgIpc) is 2.15. The number of rotatable bonds is 4. The van der Waals surface area contributed by atoms with Crippen molar-refractivity contribution in [1.82, 2.24) is 5.01 Å². The number of nitrogens with zero attached hydrogens (tertiary/aromatic N) is 2. The van der Waals surface area contributed by atoms with Gasteiger partial charge >= 0.3 is 12.3 Å². The number of hydrogen-bond acceptors (Lipinski definition) is 3. The molecule has 1 amide bonds. The van der Waals surface area contributed by atoms with E-state index in [9.17, 15) is 18.0 Å². The molecule has 0 aliphatic rings. The monoisotopic (exact) mass is 252 g/mol. The highest BCUT2D eigenvalue weighted by Crippen LogP contribution is 2.33. The Morgan fingerprint density at radius 1 is 1.41 bits per heavy atom. The molecular weight excluding hydrogens is 237 g/mol. The second-order valence-corrected chi connectivity index (χ2v) is 3.75. The molecule has 0 aliphatic heterocycles. The molecule has 0 fully saturated rings. The van der Waals surface area contributed by atoms with Crippen LogP contribution in [0, 0.1) is 0 Å². The maximum Gasteiger partial charge on any atom is 0.435 e. The summed E-state index contributed by atoms with van der Waals surface area (Å²) in [5.41, 5.74) is -2.40. The summed E-state index contributed by atoms with van der Waals surface area (Å²) in [6.45, 7) is 9.72. The van der Waals surface area contributed by atoms with Gasteiger partial charge in [-0.3, -0.25) is 0 Å². The van der Waals surface area contributed by atoms with Gasteiger partial charge in [-0.15, -0.1) is 0 Å². The fourth-order valence-electron chi connectivity index (χ4n) is 0.756. The lowest BCUT2D eigenvalue weighted by atomic mass is 10.1. The van der Waals surface area contributed by atoms with Crippen molar-refractivity contribution in [3.8, 4) is 0 Å². The molecule has 0 aromatic carbocycles. The molecule has 17 heavy (non-hydrogen) atoms. The van der Waals surface area contributed by atoms with Crippen LogP contribution in [-0.2, 0) is 4.74 Å². The molecule has 0 aromatic heterocycles. The molecule has 7 heteroatoms. The van der Waals surface area contributed by atoms with E-state index in [1.165, 1.54) is 0 Å². The minimum absolute atomic E-state index is 0.197. The molecule has 0 aliphatic carbocycles. The Morgan fingerprint density at radius 2 is 1.88 bits per heavy atom. The molecule has 0 aromatic rings. The van der Waals surface area contributed by atoms with Gasteiger partial charge in [-0.2, -0.15) is 23.3 Å². The lowest BCUT2D eigenvalue weighted by Gasteiger charge is -2.29. The van der Waals surface area contributed by atoms with Gasteiger partial charge in [0.1, 0.15) is 0 Å². The molecule has 4 nitrogen and oxygen atoms in total. The van der Waals surface area contributed by atoms with Gasteiger partial charge in [0, 0.05) is 12.4 Å². The number of hydrazone groups is 1. The Morgan fingerprint density at radius 3 is 2.18 bits per heavy atom. The van der Waals surface area contributed by atoms with Crippen LogP contribution in [0.1, 0.15) is 27.2 Å². The van der Waals surface area contributed by atoms with Crippen LogP contribution in [0.3, 0.4) is 0 Å². The van der Waals surface area contributed by atoms with Crippen LogP contribution < -0.4 is 0 Å². The minimum Gasteiger partial charge on any atom is -0.432 e. The molecule has 0 saturated carbocycles. The maximum atomic E-state index is 12.5. The van der Waals surface area contributed by atoms with E-state index in [2.05, 4.69) is 23.1 Å². The molecule has 0 spiro atoms. The summed E-state index contributed by atoms with van der Waals surface area (Å²) < 4.78 is 41.8. The van der Waals surface area contributed by atoms with E-state index in [4.69, 9.17) is 0 Å². The van der Waals surface area contributed by atoms with Crippen LogP contribution in [0.2, 0.25) is 0 Å². The van der Waals surface area contributed by atoms with Gasteiger partial charge in [0.15, 0.2) is 0 Å². The molecule has 0 N–H and O–H groups in total. The summed E-state index contributed by atoms with van der Waals surface area (Å²) in [7, 11) is 0. The Hall–Kier alpha value is -1.53. The van der Waals surface area contributed by atoms with Crippen LogP contribution in [0.4, 0.5) is 18.0 Å². The topological polar surface area (TPSA) is 41.9 Å². The normalized spacial score (nSPS) is 11.9. The molecule has 0 unspecified atom stereocenters. The van der Waals surface area contributed by atoms with Gasteiger partial charge in [-0.1, -0.05) is 13.5 Å². The van der Waals surface area contributed by atoms with Gasteiger partial charge in [0.25, 0.3) is 0 Å². The highest BCUT2D eigenvalue weighted by molar-refractivity contribution is 5.70. The van der Waals surface area contributed by atoms with Gasteiger partial charge in [0.2, 0.25) is 5.60 Å². The van der Waals surface area contributed by atoms with Crippen LogP contribution in [-0.4, -0.2) is 29.6 Å². The molecule has 0 saturated heterocycles. The number of allylic oxidation sites excluding steroid dienone is 1. The number of amides is 1. The number of carbonyl (C=O) groups is 1. The average molecular weight is 252 g/mol. The van der Waals surface area contributed by atoms with Crippen molar-refractivity contribution in [3.05, 3.63) is 12.3 Å². The van der Waals surface area contributed by atoms with Crippen LogP contribution in [0.25, 0.3) is 0 Å². The summed E-state index contributed by atoms with van der Waals surface area (Å²) in [6, 6.07) is 0. The van der Waals surface area contributed by atoms with Crippen molar-refractivity contribution in [2.45, 2.75) is 39.0 Å². The largest absolute Gasteiger partial charge is 0.435 e. The third kappa shape index (κ3) is 3.76. The summed E-state index contributed by atoms with van der Waals surface area (Å²) in [5, 5.41) is 3.87. The summed E-state index contributed by atoms with van der Waals surface area (Å²) in [6.07, 6.45) is -5.59. The predicted octanol–water partition coefficient (Wildman–Crippen LogP) is 3.31. The quantitative estimate of drug-likeness (QED) is 0.569. The lowest BCUT2D eigenvalue weighted by molar-refractivity contribution is -0.245. The van der Waals surface area contributed by atoms with E-state index < -0.39 is 17.9 Å². The van der Waals surface area contributed by atoms with Gasteiger partial charge in [-0.25, -0.2) is 4.79 Å². The highest BCUT2D eigenvalue weighted by Gasteiger charge is 2.51. The molecule has 0 rings (SSSR count). The fourth-order valence-corrected chi connectivity index (χ4v) is 0.756.